The van der Waals surface area contributed by atoms with Gasteiger partial charge in [0.1, 0.15) is 5.82 Å². The molecule has 0 bridgehead atoms. The Morgan fingerprint density at radius 3 is 2.48 bits per heavy atom. The highest BCUT2D eigenvalue weighted by molar-refractivity contribution is 7.98. The molecule has 9 heteroatoms. The number of amides is 1. The van der Waals surface area contributed by atoms with Crippen LogP contribution in [0.1, 0.15) is 27.3 Å². The number of hydrogen-bond donors (Lipinski definition) is 1. The Morgan fingerprint density at radius 1 is 1.07 bits per heavy atom. The first kappa shape index (κ1) is 20.9. The molecule has 1 amide bonds. The number of nitrogens with zero attached hydrogens (tertiary/aromatic N) is 3. The molecule has 0 atom stereocenters. The van der Waals surface area contributed by atoms with E-state index >= 15 is 0 Å². The molecule has 1 heterocycles. The van der Waals surface area contributed by atoms with Gasteiger partial charge in [-0.1, -0.05) is 54.2 Å². The van der Waals surface area contributed by atoms with E-state index in [0.29, 0.717) is 12.2 Å². The first-order chi connectivity index (χ1) is 13.9. The Morgan fingerprint density at radius 2 is 1.76 bits per heavy atom. The Labute approximate surface area is 170 Å². The summed E-state index contributed by atoms with van der Waals surface area (Å²) in [5.41, 5.74) is -0.175. The predicted octanol–water partition coefficient (Wildman–Crippen LogP) is 4.10. The Balaban J connectivity index is 1.56. The van der Waals surface area contributed by atoms with Crippen LogP contribution >= 0.6 is 11.8 Å². The van der Waals surface area contributed by atoms with Gasteiger partial charge in [-0.2, -0.15) is 13.2 Å². The van der Waals surface area contributed by atoms with Crippen molar-refractivity contribution in [3.05, 3.63) is 77.1 Å². The van der Waals surface area contributed by atoms with Crippen LogP contribution in [0, 0.1) is 0 Å². The lowest BCUT2D eigenvalue weighted by atomic mass is 10.1. The van der Waals surface area contributed by atoms with Crippen molar-refractivity contribution in [2.45, 2.75) is 23.5 Å². The van der Waals surface area contributed by atoms with E-state index < -0.39 is 23.2 Å². The number of carbonyl (C=O) groups excluding carboxylic acids is 1. The third-order valence-electron chi connectivity index (χ3n) is 4.25. The summed E-state index contributed by atoms with van der Waals surface area (Å²) in [5, 5.41) is 11.5. The molecule has 0 aliphatic heterocycles. The Bertz CT molecular complexity index is 973. The van der Waals surface area contributed by atoms with Crippen molar-refractivity contribution >= 4 is 17.7 Å². The van der Waals surface area contributed by atoms with E-state index in [2.05, 4.69) is 15.5 Å². The van der Waals surface area contributed by atoms with Crippen LogP contribution in [0.4, 0.5) is 13.2 Å². The molecule has 0 saturated heterocycles. The lowest BCUT2D eigenvalue weighted by Crippen LogP contribution is -2.28. The van der Waals surface area contributed by atoms with Crippen LogP contribution in [0.2, 0.25) is 0 Å². The van der Waals surface area contributed by atoms with Crippen LogP contribution in [0.5, 0.6) is 0 Å². The lowest BCUT2D eigenvalue weighted by molar-refractivity contribution is -0.137. The van der Waals surface area contributed by atoms with Crippen LogP contribution < -0.4 is 5.32 Å². The summed E-state index contributed by atoms with van der Waals surface area (Å²) in [4.78, 5) is 12.2. The summed E-state index contributed by atoms with van der Waals surface area (Å²) in [6, 6.07) is 14.7. The van der Waals surface area contributed by atoms with E-state index in [4.69, 9.17) is 0 Å². The van der Waals surface area contributed by atoms with Crippen LogP contribution in [0.3, 0.4) is 0 Å². The van der Waals surface area contributed by atoms with E-state index in [1.807, 2.05) is 41.9 Å². The van der Waals surface area contributed by atoms with E-state index in [1.165, 1.54) is 30.0 Å². The molecular weight excluding hydrogens is 401 g/mol. The molecule has 0 aliphatic carbocycles. The molecule has 0 radical (unpaired) electrons. The van der Waals surface area contributed by atoms with Crippen LogP contribution in [0.15, 0.2) is 59.8 Å². The number of carbonyl (C=O) groups is 1. The zero-order valence-corrected chi connectivity index (χ0v) is 16.4. The SMILES string of the molecule is Cn1c(CCNC(=O)c2ccccc2C(F)(F)F)nnc1SCc1ccccc1. The zero-order chi connectivity index (χ0) is 20.9. The average Bonchev–Trinajstić information content (AvgIpc) is 3.06. The number of aromatic nitrogens is 3. The highest BCUT2D eigenvalue weighted by Gasteiger charge is 2.34. The highest BCUT2D eigenvalue weighted by Crippen LogP contribution is 2.31. The summed E-state index contributed by atoms with van der Waals surface area (Å²) >= 11 is 1.54. The number of hydrogen-bond acceptors (Lipinski definition) is 4. The third-order valence-corrected chi connectivity index (χ3v) is 5.34. The van der Waals surface area contributed by atoms with Crippen LogP contribution in [0.25, 0.3) is 0 Å². The van der Waals surface area contributed by atoms with Gasteiger partial charge >= 0.3 is 6.18 Å². The molecule has 0 spiro atoms. The van der Waals surface area contributed by atoms with E-state index in [1.54, 1.807) is 0 Å². The van der Waals surface area contributed by atoms with Gasteiger partial charge in [0.15, 0.2) is 5.16 Å². The van der Waals surface area contributed by atoms with Gasteiger partial charge in [0.25, 0.3) is 5.91 Å². The number of alkyl halides is 3. The second kappa shape index (κ2) is 9.13. The second-order valence-corrected chi connectivity index (χ2v) is 7.22. The molecule has 3 aromatic rings. The van der Waals surface area contributed by atoms with Crippen molar-refractivity contribution in [2.24, 2.45) is 7.05 Å². The van der Waals surface area contributed by atoms with Gasteiger partial charge in [0.2, 0.25) is 0 Å². The molecule has 0 saturated carbocycles. The molecule has 0 fully saturated rings. The fourth-order valence-electron chi connectivity index (χ4n) is 2.72. The summed E-state index contributed by atoms with van der Waals surface area (Å²) in [6.45, 7) is 0.153. The summed E-state index contributed by atoms with van der Waals surface area (Å²) < 4.78 is 41.0. The first-order valence-corrected chi connectivity index (χ1v) is 9.84. The monoisotopic (exact) mass is 420 g/mol. The molecule has 3 rings (SSSR count). The molecule has 0 aliphatic rings. The molecule has 1 aromatic heterocycles. The number of halogens is 3. The highest BCUT2D eigenvalue weighted by atomic mass is 32.2. The normalized spacial score (nSPS) is 11.4. The van der Waals surface area contributed by atoms with Crippen molar-refractivity contribution in [3.63, 3.8) is 0 Å². The third kappa shape index (κ3) is 5.38. The molecule has 29 heavy (non-hydrogen) atoms. The topological polar surface area (TPSA) is 59.8 Å². The fraction of sp³-hybridized carbons (Fsp3) is 0.250. The summed E-state index contributed by atoms with van der Waals surface area (Å²) in [7, 11) is 1.82. The largest absolute Gasteiger partial charge is 0.417 e. The van der Waals surface area contributed by atoms with Gasteiger partial charge in [-0.3, -0.25) is 4.79 Å². The van der Waals surface area contributed by atoms with Crippen molar-refractivity contribution in [1.82, 2.24) is 20.1 Å². The van der Waals surface area contributed by atoms with Crippen molar-refractivity contribution < 1.29 is 18.0 Å². The van der Waals surface area contributed by atoms with Gasteiger partial charge < -0.3 is 9.88 Å². The first-order valence-electron chi connectivity index (χ1n) is 8.85. The number of thioether (sulfide) groups is 1. The van der Waals surface area contributed by atoms with Crippen LogP contribution in [-0.2, 0) is 25.4 Å². The minimum absolute atomic E-state index is 0.153. The second-order valence-electron chi connectivity index (χ2n) is 6.28. The van der Waals surface area contributed by atoms with E-state index in [-0.39, 0.29) is 6.54 Å². The molecule has 5 nitrogen and oxygen atoms in total. The number of benzene rings is 2. The van der Waals surface area contributed by atoms with Crippen molar-refractivity contribution in [1.29, 1.82) is 0 Å². The van der Waals surface area contributed by atoms with Gasteiger partial charge in [0.05, 0.1) is 11.1 Å². The van der Waals surface area contributed by atoms with Gasteiger partial charge in [-0.15, -0.1) is 10.2 Å². The van der Waals surface area contributed by atoms with Gasteiger partial charge in [0, 0.05) is 25.8 Å². The quantitative estimate of drug-likeness (QED) is 0.585. The van der Waals surface area contributed by atoms with Crippen molar-refractivity contribution in [2.75, 3.05) is 6.54 Å². The molecule has 2 aromatic carbocycles. The minimum Gasteiger partial charge on any atom is -0.352 e. The lowest BCUT2D eigenvalue weighted by Gasteiger charge is -2.12. The standard InChI is InChI=1S/C20H19F3N4OS/c1-27-17(25-26-19(27)29-13-14-7-3-2-4-8-14)11-12-24-18(28)15-9-5-6-10-16(15)20(21,22)23/h2-10H,11-13H2,1H3,(H,24,28). The predicted molar refractivity (Wildman–Crippen MR) is 104 cm³/mol. The van der Waals surface area contributed by atoms with Gasteiger partial charge in [-0.05, 0) is 17.7 Å². The van der Waals surface area contributed by atoms with Crippen LogP contribution in [-0.4, -0.2) is 27.2 Å². The summed E-state index contributed by atoms with van der Waals surface area (Å²) in [6.07, 6.45) is -4.22. The van der Waals surface area contributed by atoms with Crippen molar-refractivity contribution in [3.8, 4) is 0 Å². The smallest absolute Gasteiger partial charge is 0.352 e. The maximum Gasteiger partial charge on any atom is 0.417 e. The fourth-order valence-corrected chi connectivity index (χ4v) is 3.61. The van der Waals surface area contributed by atoms with E-state index in [0.717, 1.165) is 22.5 Å². The molecule has 1 N–H and O–H groups in total. The van der Waals surface area contributed by atoms with Gasteiger partial charge in [-0.25, -0.2) is 0 Å². The Kier molecular flexibility index (Phi) is 6.58. The maximum absolute atomic E-state index is 13.0. The minimum atomic E-state index is -4.58. The Hall–Kier alpha value is -2.81. The van der Waals surface area contributed by atoms with E-state index in [9.17, 15) is 18.0 Å². The number of rotatable bonds is 7. The molecular formula is C20H19F3N4OS. The average molecular weight is 420 g/mol. The zero-order valence-electron chi connectivity index (χ0n) is 15.6. The number of nitrogens with one attached hydrogen (secondary N) is 1. The molecule has 0 unspecified atom stereocenters. The summed E-state index contributed by atoms with van der Waals surface area (Å²) in [5.74, 6) is 0.626. The maximum atomic E-state index is 13.0. The molecule has 152 valence electrons.